The molecule has 1 unspecified atom stereocenters. The minimum absolute atomic E-state index is 0.170. The molecule has 0 bridgehead atoms. The molecule has 1 saturated heterocycles. The van der Waals surface area contributed by atoms with Crippen molar-refractivity contribution in [1.29, 1.82) is 0 Å². The van der Waals surface area contributed by atoms with Crippen LogP contribution in [0.3, 0.4) is 0 Å². The molecule has 92 valence electrons. The van der Waals surface area contributed by atoms with E-state index in [-0.39, 0.29) is 6.10 Å². The summed E-state index contributed by atoms with van der Waals surface area (Å²) >= 11 is 0. The number of hydrogen-bond acceptors (Lipinski definition) is 5. The summed E-state index contributed by atoms with van der Waals surface area (Å²) < 4.78 is 10.6. The topological polar surface area (TPSA) is 57.0 Å². The Balaban J connectivity index is 1.65. The molecule has 0 aromatic heterocycles. The van der Waals surface area contributed by atoms with Crippen molar-refractivity contribution in [3.05, 3.63) is 23.8 Å². The van der Waals surface area contributed by atoms with Crippen molar-refractivity contribution >= 4 is 0 Å². The number of likely N-dealkylation sites (tertiary alicyclic amines) is 1. The summed E-state index contributed by atoms with van der Waals surface area (Å²) in [5, 5.41) is 0. The van der Waals surface area contributed by atoms with Gasteiger partial charge in [0, 0.05) is 19.6 Å². The minimum Gasteiger partial charge on any atom is -0.454 e. The van der Waals surface area contributed by atoms with Gasteiger partial charge in [0.2, 0.25) is 6.79 Å². The number of hydrogen-bond donors (Lipinski definition) is 1. The number of nitrogens with two attached hydrogens (primary N) is 1. The Labute approximate surface area is 100 Å². The van der Waals surface area contributed by atoms with E-state index < -0.39 is 0 Å². The van der Waals surface area contributed by atoms with E-state index in [1.165, 1.54) is 5.56 Å². The number of ether oxygens (including phenoxy) is 2. The zero-order valence-corrected chi connectivity index (χ0v) is 9.59. The molecule has 5 heteroatoms. The molecule has 0 saturated carbocycles. The van der Waals surface area contributed by atoms with E-state index in [9.17, 15) is 0 Å². The SMILES string of the molecule is NOC1CCN(Cc2ccc3c(c2)OCO3)C1. The van der Waals surface area contributed by atoms with Crippen LogP contribution < -0.4 is 15.4 Å². The van der Waals surface area contributed by atoms with Gasteiger partial charge in [-0.05, 0) is 24.1 Å². The highest BCUT2D eigenvalue weighted by Crippen LogP contribution is 2.33. The molecule has 17 heavy (non-hydrogen) atoms. The summed E-state index contributed by atoms with van der Waals surface area (Å²) in [5.74, 6) is 6.87. The molecule has 1 aromatic rings. The molecule has 0 amide bonds. The summed E-state index contributed by atoms with van der Waals surface area (Å²) in [4.78, 5) is 7.20. The number of benzene rings is 1. The number of fused-ring (bicyclic) bond motifs is 1. The van der Waals surface area contributed by atoms with E-state index in [1.54, 1.807) is 0 Å². The van der Waals surface area contributed by atoms with Crippen LogP contribution >= 0.6 is 0 Å². The van der Waals surface area contributed by atoms with Gasteiger partial charge in [-0.25, -0.2) is 5.90 Å². The van der Waals surface area contributed by atoms with E-state index in [4.69, 9.17) is 20.2 Å². The Kier molecular flexibility index (Phi) is 2.88. The molecule has 2 heterocycles. The quantitative estimate of drug-likeness (QED) is 0.789. The highest BCUT2D eigenvalue weighted by atomic mass is 16.7. The van der Waals surface area contributed by atoms with Crippen LogP contribution in [-0.4, -0.2) is 30.9 Å². The van der Waals surface area contributed by atoms with E-state index in [0.29, 0.717) is 6.79 Å². The predicted molar refractivity (Wildman–Crippen MR) is 61.5 cm³/mol. The van der Waals surface area contributed by atoms with E-state index >= 15 is 0 Å². The average molecular weight is 236 g/mol. The van der Waals surface area contributed by atoms with Crippen molar-refractivity contribution in [1.82, 2.24) is 4.90 Å². The molecule has 2 aliphatic heterocycles. The lowest BCUT2D eigenvalue weighted by Crippen LogP contribution is -2.24. The third-order valence-electron chi connectivity index (χ3n) is 3.26. The van der Waals surface area contributed by atoms with Gasteiger partial charge in [-0.2, -0.15) is 0 Å². The first-order valence-corrected chi connectivity index (χ1v) is 5.81. The third kappa shape index (κ3) is 2.22. The molecular formula is C12H16N2O3. The second-order valence-electron chi connectivity index (χ2n) is 4.47. The first kappa shape index (κ1) is 10.8. The first-order valence-electron chi connectivity index (χ1n) is 5.81. The summed E-state index contributed by atoms with van der Waals surface area (Å²) in [6.45, 7) is 3.14. The number of rotatable bonds is 3. The second kappa shape index (κ2) is 4.52. The maximum atomic E-state index is 5.36. The third-order valence-corrected chi connectivity index (χ3v) is 3.26. The van der Waals surface area contributed by atoms with Crippen molar-refractivity contribution in [3.63, 3.8) is 0 Å². The van der Waals surface area contributed by atoms with Crippen LogP contribution in [0, 0.1) is 0 Å². The Bertz CT molecular complexity index is 411. The van der Waals surface area contributed by atoms with Crippen molar-refractivity contribution in [2.24, 2.45) is 5.90 Å². The van der Waals surface area contributed by atoms with Gasteiger partial charge >= 0.3 is 0 Å². The Morgan fingerprint density at radius 2 is 2.24 bits per heavy atom. The normalized spacial score (nSPS) is 23.2. The lowest BCUT2D eigenvalue weighted by molar-refractivity contribution is 0.0589. The zero-order chi connectivity index (χ0) is 11.7. The molecule has 1 aromatic carbocycles. The average Bonchev–Trinajstić information content (AvgIpc) is 2.96. The summed E-state index contributed by atoms with van der Waals surface area (Å²) in [6.07, 6.45) is 1.17. The van der Waals surface area contributed by atoms with Crippen LogP contribution in [0.15, 0.2) is 18.2 Å². The van der Waals surface area contributed by atoms with Gasteiger partial charge in [0.05, 0.1) is 6.10 Å². The van der Waals surface area contributed by atoms with Crippen molar-refractivity contribution in [2.45, 2.75) is 19.1 Å². The smallest absolute Gasteiger partial charge is 0.231 e. The van der Waals surface area contributed by atoms with Gasteiger partial charge in [-0.1, -0.05) is 6.07 Å². The summed E-state index contributed by atoms with van der Waals surface area (Å²) in [6, 6.07) is 6.08. The van der Waals surface area contributed by atoms with Crippen LogP contribution in [0.25, 0.3) is 0 Å². The fourth-order valence-corrected chi connectivity index (χ4v) is 2.35. The van der Waals surface area contributed by atoms with Gasteiger partial charge in [0.15, 0.2) is 11.5 Å². The predicted octanol–water partition coefficient (Wildman–Crippen LogP) is 0.880. The van der Waals surface area contributed by atoms with Gasteiger partial charge in [-0.3, -0.25) is 9.74 Å². The minimum atomic E-state index is 0.170. The van der Waals surface area contributed by atoms with Crippen LogP contribution in [0.5, 0.6) is 11.5 Å². The van der Waals surface area contributed by atoms with Gasteiger partial charge in [-0.15, -0.1) is 0 Å². The Morgan fingerprint density at radius 1 is 1.35 bits per heavy atom. The maximum absolute atomic E-state index is 5.36. The van der Waals surface area contributed by atoms with E-state index in [2.05, 4.69) is 11.0 Å². The fraction of sp³-hybridized carbons (Fsp3) is 0.500. The standard InChI is InChI=1S/C12H16N2O3/c13-17-10-3-4-14(7-10)6-9-1-2-11-12(5-9)16-8-15-11/h1-2,5,10H,3-4,6-8,13H2. The van der Waals surface area contributed by atoms with Gasteiger partial charge in [0.1, 0.15) is 0 Å². The van der Waals surface area contributed by atoms with Crippen LogP contribution in [0.1, 0.15) is 12.0 Å². The highest BCUT2D eigenvalue weighted by molar-refractivity contribution is 5.44. The van der Waals surface area contributed by atoms with Crippen molar-refractivity contribution < 1.29 is 14.3 Å². The monoisotopic (exact) mass is 236 g/mol. The second-order valence-corrected chi connectivity index (χ2v) is 4.47. The number of nitrogens with zero attached hydrogens (tertiary/aromatic N) is 1. The van der Waals surface area contributed by atoms with Crippen molar-refractivity contribution in [3.8, 4) is 11.5 Å². The molecule has 2 aliphatic rings. The summed E-state index contributed by atoms with van der Waals surface area (Å²) in [5.41, 5.74) is 1.23. The molecule has 0 spiro atoms. The van der Waals surface area contributed by atoms with Crippen LogP contribution in [-0.2, 0) is 11.4 Å². The Hall–Kier alpha value is -1.30. The van der Waals surface area contributed by atoms with E-state index in [0.717, 1.165) is 37.6 Å². The van der Waals surface area contributed by atoms with Crippen molar-refractivity contribution in [2.75, 3.05) is 19.9 Å². The molecule has 3 rings (SSSR count). The molecule has 1 fully saturated rings. The van der Waals surface area contributed by atoms with Gasteiger partial charge < -0.3 is 9.47 Å². The molecule has 2 N–H and O–H groups in total. The van der Waals surface area contributed by atoms with Gasteiger partial charge in [0.25, 0.3) is 0 Å². The maximum Gasteiger partial charge on any atom is 0.231 e. The lowest BCUT2D eigenvalue weighted by atomic mass is 10.2. The molecule has 0 radical (unpaired) electrons. The fourth-order valence-electron chi connectivity index (χ4n) is 2.35. The largest absolute Gasteiger partial charge is 0.454 e. The molecular weight excluding hydrogens is 220 g/mol. The van der Waals surface area contributed by atoms with Crippen LogP contribution in [0.4, 0.5) is 0 Å². The molecule has 5 nitrogen and oxygen atoms in total. The Morgan fingerprint density at radius 3 is 3.06 bits per heavy atom. The highest BCUT2D eigenvalue weighted by Gasteiger charge is 2.23. The first-order chi connectivity index (χ1) is 8.35. The van der Waals surface area contributed by atoms with E-state index in [1.807, 2.05) is 12.1 Å². The lowest BCUT2D eigenvalue weighted by Gasteiger charge is -2.15. The molecule has 1 atom stereocenters. The van der Waals surface area contributed by atoms with Crippen LogP contribution in [0.2, 0.25) is 0 Å². The summed E-state index contributed by atoms with van der Waals surface area (Å²) in [7, 11) is 0. The zero-order valence-electron chi connectivity index (χ0n) is 9.59. The molecule has 0 aliphatic carbocycles.